The molecule has 0 radical (unpaired) electrons. The summed E-state index contributed by atoms with van der Waals surface area (Å²) < 4.78 is 43.4. The van der Waals surface area contributed by atoms with Crippen LogP contribution in [0.5, 0.6) is 6.01 Å². The van der Waals surface area contributed by atoms with Crippen LogP contribution in [0.1, 0.15) is 13.8 Å². The predicted octanol–water partition coefficient (Wildman–Crippen LogP) is 2.15. The first-order chi connectivity index (χ1) is 14.2. The molecule has 0 saturated heterocycles. The van der Waals surface area contributed by atoms with Crippen molar-refractivity contribution in [2.75, 3.05) is 36.4 Å². The highest BCUT2D eigenvalue weighted by molar-refractivity contribution is 7.90. The topological polar surface area (TPSA) is 87.7 Å². The molecule has 1 atom stereocenters. The van der Waals surface area contributed by atoms with Crippen molar-refractivity contribution in [3.8, 4) is 6.01 Å². The van der Waals surface area contributed by atoms with E-state index in [1.807, 2.05) is 16.0 Å². The minimum absolute atomic E-state index is 0.114. The molecule has 1 aromatic carbocycles. The maximum absolute atomic E-state index is 14.5. The molecule has 4 rings (SSSR count). The fourth-order valence-corrected chi connectivity index (χ4v) is 4.65. The zero-order valence-electron chi connectivity index (χ0n) is 17.3. The lowest BCUT2D eigenvalue weighted by molar-refractivity contribution is 0.375. The van der Waals surface area contributed by atoms with Gasteiger partial charge < -0.3 is 9.64 Å². The lowest BCUT2D eigenvalue weighted by Gasteiger charge is -2.34. The normalized spacial score (nSPS) is 18.8. The monoisotopic (exact) mass is 433 g/mol. The molecule has 2 aromatic rings. The molecule has 8 nitrogen and oxygen atoms in total. The van der Waals surface area contributed by atoms with Crippen LogP contribution < -0.4 is 20.1 Å². The Bertz CT molecular complexity index is 1120. The van der Waals surface area contributed by atoms with E-state index in [0.29, 0.717) is 13.1 Å². The quantitative estimate of drug-likeness (QED) is 0.768. The summed E-state index contributed by atoms with van der Waals surface area (Å²) >= 11 is 0. The number of aromatic nitrogens is 2. The van der Waals surface area contributed by atoms with Crippen LogP contribution in [-0.4, -0.2) is 50.9 Å². The van der Waals surface area contributed by atoms with E-state index < -0.39 is 15.7 Å². The number of hydrazine groups is 1. The van der Waals surface area contributed by atoms with E-state index in [9.17, 15) is 12.8 Å². The van der Waals surface area contributed by atoms with Crippen LogP contribution in [0.2, 0.25) is 0 Å². The van der Waals surface area contributed by atoms with Crippen LogP contribution in [-0.2, 0) is 9.84 Å². The number of ether oxygens (including phenoxy) is 1. The van der Waals surface area contributed by atoms with Gasteiger partial charge in [-0.2, -0.15) is 4.98 Å². The van der Waals surface area contributed by atoms with E-state index in [1.165, 1.54) is 13.4 Å². The summed E-state index contributed by atoms with van der Waals surface area (Å²) in [6.07, 6.45) is 2.32. The summed E-state index contributed by atoms with van der Waals surface area (Å²) in [5.74, 6) is -0.115. The molecule has 2 aliphatic heterocycles. The molecule has 3 heterocycles. The van der Waals surface area contributed by atoms with Gasteiger partial charge >= 0.3 is 6.01 Å². The van der Waals surface area contributed by atoms with E-state index in [2.05, 4.69) is 29.2 Å². The van der Waals surface area contributed by atoms with Crippen LogP contribution in [0, 0.1) is 11.7 Å². The van der Waals surface area contributed by atoms with Crippen molar-refractivity contribution in [2.24, 2.45) is 5.92 Å². The van der Waals surface area contributed by atoms with E-state index in [4.69, 9.17) is 4.74 Å². The van der Waals surface area contributed by atoms with Crippen molar-refractivity contribution in [2.45, 2.75) is 24.8 Å². The molecule has 30 heavy (non-hydrogen) atoms. The third-order valence-electron chi connectivity index (χ3n) is 5.33. The van der Waals surface area contributed by atoms with Crippen LogP contribution >= 0.6 is 0 Å². The van der Waals surface area contributed by atoms with Crippen LogP contribution in [0.4, 0.5) is 15.9 Å². The molecule has 0 spiro atoms. The highest BCUT2D eigenvalue weighted by Crippen LogP contribution is 2.37. The molecule has 0 saturated carbocycles. The second-order valence-electron chi connectivity index (χ2n) is 7.83. The molecule has 1 aromatic heterocycles. The van der Waals surface area contributed by atoms with Crippen molar-refractivity contribution in [3.05, 3.63) is 47.5 Å². The van der Waals surface area contributed by atoms with Crippen LogP contribution in [0.25, 0.3) is 0 Å². The zero-order chi connectivity index (χ0) is 21.6. The van der Waals surface area contributed by atoms with E-state index >= 15 is 0 Å². The Morgan fingerprint density at radius 3 is 2.73 bits per heavy atom. The molecule has 0 aliphatic carbocycles. The van der Waals surface area contributed by atoms with Crippen LogP contribution in [0.3, 0.4) is 0 Å². The Morgan fingerprint density at radius 1 is 1.30 bits per heavy atom. The standard InChI is InChI=1S/C20H24FN5O3S/c1-12(2)18-17-13(10-25(18)19-16(21)9-22-20(23-19)29-3)11-26(24-17)14-6-5-7-15(8-14)30(4,27)28/h5-9,12,18,24H,10-11H2,1-4H3/t18-/m1/s1. The van der Waals surface area contributed by atoms with Gasteiger partial charge in [-0.05, 0) is 29.7 Å². The van der Waals surface area contributed by atoms with Gasteiger partial charge in [0.15, 0.2) is 21.5 Å². The summed E-state index contributed by atoms with van der Waals surface area (Å²) in [5, 5.41) is 1.92. The number of hydrogen-bond donors (Lipinski definition) is 1. The molecule has 160 valence electrons. The van der Waals surface area contributed by atoms with Gasteiger partial charge in [-0.25, -0.2) is 17.8 Å². The van der Waals surface area contributed by atoms with Gasteiger partial charge in [-0.15, -0.1) is 0 Å². The van der Waals surface area contributed by atoms with Crippen molar-refractivity contribution in [1.29, 1.82) is 0 Å². The summed E-state index contributed by atoms with van der Waals surface area (Å²) in [6, 6.07) is 6.83. The molecular weight excluding hydrogens is 409 g/mol. The Balaban J connectivity index is 1.62. The number of rotatable bonds is 5. The first kappa shape index (κ1) is 20.4. The van der Waals surface area contributed by atoms with Gasteiger partial charge in [0.05, 0.1) is 42.2 Å². The highest BCUT2D eigenvalue weighted by Gasteiger charge is 2.41. The molecule has 0 fully saturated rings. The SMILES string of the molecule is COc1ncc(F)c(N2CC3=C(NN(c4cccc(S(C)(=O)=O)c4)C3)[C@H]2C(C)C)n1. The first-order valence-electron chi connectivity index (χ1n) is 9.58. The molecule has 0 unspecified atom stereocenters. The summed E-state index contributed by atoms with van der Waals surface area (Å²) in [7, 11) is -1.85. The Hall–Kier alpha value is -2.88. The summed E-state index contributed by atoms with van der Waals surface area (Å²) in [4.78, 5) is 10.3. The van der Waals surface area contributed by atoms with Crippen molar-refractivity contribution in [1.82, 2.24) is 15.4 Å². The Kier molecular flexibility index (Phi) is 5.05. The number of anilines is 2. The number of nitrogens with one attached hydrogen (secondary N) is 1. The lowest BCUT2D eigenvalue weighted by atomic mass is 10.0. The average molecular weight is 434 g/mol. The third-order valence-corrected chi connectivity index (χ3v) is 6.44. The van der Waals surface area contributed by atoms with E-state index in [-0.39, 0.29) is 28.7 Å². The second kappa shape index (κ2) is 7.42. The molecule has 2 aliphatic rings. The fourth-order valence-electron chi connectivity index (χ4n) is 3.99. The minimum Gasteiger partial charge on any atom is -0.467 e. The molecule has 0 amide bonds. The van der Waals surface area contributed by atoms with Gasteiger partial charge in [-0.3, -0.25) is 10.4 Å². The highest BCUT2D eigenvalue weighted by atomic mass is 32.2. The number of nitrogens with zero attached hydrogens (tertiary/aromatic N) is 4. The lowest BCUT2D eigenvalue weighted by Crippen LogP contribution is -2.45. The maximum atomic E-state index is 14.5. The first-order valence-corrected chi connectivity index (χ1v) is 11.5. The second-order valence-corrected chi connectivity index (χ2v) is 9.85. The van der Waals surface area contributed by atoms with E-state index in [1.54, 1.807) is 18.2 Å². The van der Waals surface area contributed by atoms with Gasteiger partial charge in [0.25, 0.3) is 0 Å². The summed E-state index contributed by atoms with van der Waals surface area (Å²) in [5.41, 5.74) is 6.27. The van der Waals surface area contributed by atoms with Crippen molar-refractivity contribution < 1.29 is 17.5 Å². The largest absolute Gasteiger partial charge is 0.467 e. The molecule has 1 N–H and O–H groups in total. The third kappa shape index (κ3) is 3.55. The summed E-state index contributed by atoms with van der Waals surface area (Å²) in [6.45, 7) is 5.20. The van der Waals surface area contributed by atoms with Crippen LogP contribution in [0.15, 0.2) is 46.6 Å². The van der Waals surface area contributed by atoms with Gasteiger partial charge in [0.1, 0.15) is 0 Å². The Morgan fingerprint density at radius 2 is 2.07 bits per heavy atom. The fraction of sp³-hybridized carbons (Fsp3) is 0.400. The predicted molar refractivity (Wildman–Crippen MR) is 112 cm³/mol. The smallest absolute Gasteiger partial charge is 0.318 e. The zero-order valence-corrected chi connectivity index (χ0v) is 18.1. The molecule has 10 heteroatoms. The Labute approximate surface area is 175 Å². The molecule has 0 bridgehead atoms. The average Bonchev–Trinajstić information content (AvgIpc) is 3.25. The number of sulfone groups is 1. The number of methoxy groups -OCH3 is 1. The number of benzene rings is 1. The van der Waals surface area contributed by atoms with Gasteiger partial charge in [0, 0.05) is 12.8 Å². The molecular formula is C20H24FN5O3S. The van der Waals surface area contributed by atoms with Gasteiger partial charge in [-0.1, -0.05) is 19.9 Å². The van der Waals surface area contributed by atoms with E-state index in [0.717, 1.165) is 23.2 Å². The number of hydrogen-bond acceptors (Lipinski definition) is 8. The number of halogens is 1. The van der Waals surface area contributed by atoms with Crippen molar-refractivity contribution in [3.63, 3.8) is 0 Å². The van der Waals surface area contributed by atoms with Gasteiger partial charge in [0.2, 0.25) is 0 Å². The maximum Gasteiger partial charge on any atom is 0.318 e. The minimum atomic E-state index is -3.30. The van der Waals surface area contributed by atoms with Crippen molar-refractivity contribution >= 4 is 21.3 Å².